The third kappa shape index (κ3) is 5.43. The van der Waals surface area contributed by atoms with Crippen molar-refractivity contribution in [2.75, 3.05) is 0 Å². The summed E-state index contributed by atoms with van der Waals surface area (Å²) in [5.41, 5.74) is 16.0. The highest BCUT2D eigenvalue weighted by atomic mass is 16.5. The van der Waals surface area contributed by atoms with E-state index < -0.39 is 5.41 Å². The van der Waals surface area contributed by atoms with Gasteiger partial charge in [0.15, 0.2) is 5.84 Å². The lowest BCUT2D eigenvalue weighted by molar-refractivity contribution is 0.436. The molecule has 0 amide bonds. The normalized spacial score (nSPS) is 15.4. The van der Waals surface area contributed by atoms with E-state index in [9.17, 15) is 0 Å². The van der Waals surface area contributed by atoms with Crippen molar-refractivity contribution in [3.05, 3.63) is 251 Å². The molecule has 0 saturated carbocycles. The van der Waals surface area contributed by atoms with Crippen molar-refractivity contribution in [2.45, 2.75) is 11.6 Å². The first-order valence-electron chi connectivity index (χ1n) is 21.4. The van der Waals surface area contributed by atoms with Gasteiger partial charge in [0.2, 0.25) is 0 Å². The monoisotopic (exact) mass is 807 g/mol. The molecule has 63 heavy (non-hydrogen) atoms. The molecule has 1 spiro atoms. The first-order chi connectivity index (χ1) is 31.2. The van der Waals surface area contributed by atoms with Crippen LogP contribution in [-0.4, -0.2) is 11.7 Å². The molecule has 1 aliphatic carbocycles. The summed E-state index contributed by atoms with van der Waals surface area (Å²) in [6, 6.07) is 74.9. The highest BCUT2D eigenvalue weighted by Gasteiger charge is 2.51. The first kappa shape index (κ1) is 35.5. The van der Waals surface area contributed by atoms with Gasteiger partial charge in [0, 0.05) is 38.6 Å². The topological polar surface area (TPSA) is 59.1 Å². The molecule has 296 valence electrons. The van der Waals surface area contributed by atoms with E-state index in [0.717, 1.165) is 89.3 Å². The van der Waals surface area contributed by atoms with Crippen LogP contribution >= 0.6 is 0 Å². The van der Waals surface area contributed by atoms with Gasteiger partial charge in [0.1, 0.15) is 34.7 Å². The number of hydrogen-bond donors (Lipinski definition) is 1. The van der Waals surface area contributed by atoms with E-state index in [4.69, 9.17) is 19.1 Å². The van der Waals surface area contributed by atoms with E-state index in [1.54, 1.807) is 0 Å². The van der Waals surface area contributed by atoms with Crippen LogP contribution in [0.1, 0.15) is 45.1 Å². The molecule has 3 aliphatic rings. The zero-order chi connectivity index (χ0) is 41.5. The molecule has 9 aromatic carbocycles. The zero-order valence-electron chi connectivity index (χ0n) is 34.0. The van der Waals surface area contributed by atoms with Crippen molar-refractivity contribution in [3.8, 4) is 44.9 Å². The standard InChI is InChI=1S/C58H37N3O2/c1-2-13-38(14-3-1)55-59-56(61-57(60-55)40-31-27-37(28-32-40)42-18-12-19-46-45-17-6-10-23-51(45)63-54(42)46)39-29-25-36(26-30-39)41-33-34-53-50(35-41)58(49-22-9-11-24-52(49)62-53)47-20-7-4-15-43(47)44-16-5-8-21-48(44)58/h1-35,55H,(H,59,60,61). The Bertz CT molecular complexity index is 3460. The minimum absolute atomic E-state index is 0.311. The number of amidine groups is 2. The maximum absolute atomic E-state index is 6.69. The van der Waals surface area contributed by atoms with E-state index in [2.05, 4.69) is 199 Å². The van der Waals surface area contributed by atoms with Crippen LogP contribution in [0.15, 0.2) is 227 Å². The van der Waals surface area contributed by atoms with E-state index in [0.29, 0.717) is 5.84 Å². The number of nitrogens with zero attached hydrogens (tertiary/aromatic N) is 2. The fraction of sp³-hybridized carbons (Fsp3) is 0.0345. The minimum atomic E-state index is -0.519. The molecule has 10 aromatic rings. The SMILES string of the molecule is c1ccc(C2N=C(c3ccc(-c4cccc5c4oc4ccccc45)cc3)N=C(c3ccc(-c4ccc5c(c4)C4(c6ccccc6O5)c5ccccc5-c5ccccc54)cc3)N2)cc1. The van der Waals surface area contributed by atoms with Crippen molar-refractivity contribution in [1.82, 2.24) is 5.32 Å². The van der Waals surface area contributed by atoms with Gasteiger partial charge >= 0.3 is 0 Å². The molecule has 2 aliphatic heterocycles. The van der Waals surface area contributed by atoms with Gasteiger partial charge in [-0.2, -0.15) is 0 Å². The van der Waals surface area contributed by atoms with Gasteiger partial charge in [-0.3, -0.25) is 0 Å². The summed E-state index contributed by atoms with van der Waals surface area (Å²) in [5.74, 6) is 3.21. The second-order valence-electron chi connectivity index (χ2n) is 16.5. The Labute approximate surface area is 364 Å². The minimum Gasteiger partial charge on any atom is -0.457 e. The van der Waals surface area contributed by atoms with Gasteiger partial charge in [0.25, 0.3) is 0 Å². The number of hydrogen-bond acceptors (Lipinski definition) is 5. The molecule has 1 atom stereocenters. The largest absolute Gasteiger partial charge is 0.457 e. The highest BCUT2D eigenvalue weighted by molar-refractivity contribution is 6.14. The van der Waals surface area contributed by atoms with Crippen LogP contribution in [0.25, 0.3) is 55.3 Å². The summed E-state index contributed by atoms with van der Waals surface area (Å²) < 4.78 is 13.1. The predicted octanol–water partition coefficient (Wildman–Crippen LogP) is 13.9. The Morgan fingerprint density at radius 1 is 0.429 bits per heavy atom. The third-order valence-electron chi connectivity index (χ3n) is 13.1. The lowest BCUT2D eigenvalue weighted by atomic mass is 9.66. The van der Waals surface area contributed by atoms with Crippen LogP contribution in [-0.2, 0) is 5.41 Å². The summed E-state index contributed by atoms with van der Waals surface area (Å²) in [5, 5.41) is 5.88. The molecule has 13 rings (SSSR count). The smallest absolute Gasteiger partial charge is 0.159 e. The van der Waals surface area contributed by atoms with Crippen LogP contribution in [0.3, 0.4) is 0 Å². The summed E-state index contributed by atoms with van der Waals surface area (Å²) in [4.78, 5) is 10.3. The van der Waals surface area contributed by atoms with Crippen molar-refractivity contribution >= 4 is 33.6 Å². The molecule has 5 heteroatoms. The average Bonchev–Trinajstić information content (AvgIpc) is 3.89. The van der Waals surface area contributed by atoms with E-state index in [1.807, 2.05) is 18.2 Å². The maximum atomic E-state index is 6.69. The predicted molar refractivity (Wildman–Crippen MR) is 254 cm³/mol. The molecular weight excluding hydrogens is 771 g/mol. The zero-order valence-corrected chi connectivity index (χ0v) is 34.0. The number of furan rings is 1. The molecule has 1 aromatic heterocycles. The highest BCUT2D eigenvalue weighted by Crippen LogP contribution is 2.62. The molecule has 3 heterocycles. The maximum Gasteiger partial charge on any atom is 0.159 e. The van der Waals surface area contributed by atoms with E-state index in [-0.39, 0.29) is 6.17 Å². The summed E-state index contributed by atoms with van der Waals surface area (Å²) in [6.07, 6.45) is -0.311. The fourth-order valence-corrected chi connectivity index (χ4v) is 10.2. The van der Waals surface area contributed by atoms with Crippen LogP contribution < -0.4 is 10.1 Å². The molecule has 5 nitrogen and oxygen atoms in total. The molecule has 0 saturated heterocycles. The first-order valence-corrected chi connectivity index (χ1v) is 21.4. The Kier molecular flexibility index (Phi) is 7.81. The molecule has 1 N–H and O–H groups in total. The number of rotatable bonds is 5. The number of ether oxygens (including phenoxy) is 1. The Hall–Kier alpha value is -8.28. The van der Waals surface area contributed by atoms with Gasteiger partial charge < -0.3 is 14.5 Å². The number of aliphatic imine (C=N–C) groups is 2. The molecule has 1 unspecified atom stereocenters. The van der Waals surface area contributed by atoms with E-state index >= 15 is 0 Å². The summed E-state index contributed by atoms with van der Waals surface area (Å²) >= 11 is 0. The molecule has 0 bridgehead atoms. The number of nitrogens with one attached hydrogen (secondary N) is 1. The van der Waals surface area contributed by atoms with Crippen molar-refractivity contribution in [3.63, 3.8) is 0 Å². The van der Waals surface area contributed by atoms with Crippen LogP contribution in [0.4, 0.5) is 0 Å². The summed E-state index contributed by atoms with van der Waals surface area (Å²) in [6.45, 7) is 0. The van der Waals surface area contributed by atoms with Crippen molar-refractivity contribution in [1.29, 1.82) is 0 Å². The van der Waals surface area contributed by atoms with Crippen LogP contribution in [0.2, 0.25) is 0 Å². The van der Waals surface area contributed by atoms with Gasteiger partial charge in [-0.25, -0.2) is 9.98 Å². The second kappa shape index (κ2) is 13.9. The van der Waals surface area contributed by atoms with Crippen molar-refractivity contribution in [2.24, 2.45) is 9.98 Å². The third-order valence-corrected chi connectivity index (χ3v) is 13.1. The van der Waals surface area contributed by atoms with Gasteiger partial charge in [-0.1, -0.05) is 188 Å². The van der Waals surface area contributed by atoms with Gasteiger partial charge in [0.05, 0.1) is 5.41 Å². The number of para-hydroxylation sites is 3. The lowest BCUT2D eigenvalue weighted by Gasteiger charge is -2.39. The Morgan fingerprint density at radius 2 is 1.02 bits per heavy atom. The van der Waals surface area contributed by atoms with Gasteiger partial charge in [-0.05, 0) is 68.8 Å². The van der Waals surface area contributed by atoms with Crippen molar-refractivity contribution < 1.29 is 9.15 Å². The average molecular weight is 808 g/mol. The van der Waals surface area contributed by atoms with Gasteiger partial charge in [-0.15, -0.1) is 0 Å². The summed E-state index contributed by atoms with van der Waals surface area (Å²) in [7, 11) is 0. The molecule has 0 fully saturated rings. The Morgan fingerprint density at radius 3 is 1.81 bits per heavy atom. The Balaban J connectivity index is 0.870. The lowest BCUT2D eigenvalue weighted by Crippen LogP contribution is -2.33. The van der Waals surface area contributed by atoms with Crippen LogP contribution in [0.5, 0.6) is 11.5 Å². The number of benzene rings is 9. The van der Waals surface area contributed by atoms with E-state index in [1.165, 1.54) is 22.3 Å². The molecular formula is C58H37N3O2. The number of fused-ring (bicyclic) bond motifs is 12. The fourth-order valence-electron chi connectivity index (χ4n) is 10.2. The quantitative estimate of drug-likeness (QED) is 0.188. The van der Waals surface area contributed by atoms with Crippen LogP contribution in [0, 0.1) is 0 Å². The molecule has 0 radical (unpaired) electrons. The second-order valence-corrected chi connectivity index (χ2v) is 16.5.